The summed E-state index contributed by atoms with van der Waals surface area (Å²) in [5.74, 6) is -1.91. The topological polar surface area (TPSA) is 50.9 Å². The van der Waals surface area contributed by atoms with Crippen LogP contribution in [0.2, 0.25) is 0 Å². The first-order valence-electron chi connectivity index (χ1n) is 7.59. The zero-order valence-corrected chi connectivity index (χ0v) is 15.0. The van der Waals surface area contributed by atoms with E-state index < -0.39 is 5.76 Å². The van der Waals surface area contributed by atoms with Gasteiger partial charge < -0.3 is 5.11 Å². The van der Waals surface area contributed by atoms with E-state index in [-0.39, 0.29) is 12.4 Å². The monoisotopic (exact) mass is 397 g/mol. The Morgan fingerprint density at radius 2 is 1.69 bits per heavy atom. The standard InChI is InChI=1S/C17H14F3N3OS2/c18-12-3-1-11(2-4-12)15-21-22-17(25-10-9-24)23(15)13-5-7-14(8-6-13)26-16(19)20/h1-8,16,24H,9-10H2. The van der Waals surface area contributed by atoms with Crippen molar-refractivity contribution in [3.05, 3.63) is 54.3 Å². The average Bonchev–Trinajstić information content (AvgIpc) is 3.04. The van der Waals surface area contributed by atoms with Gasteiger partial charge in [0.25, 0.3) is 5.76 Å². The molecule has 2 aromatic carbocycles. The van der Waals surface area contributed by atoms with Gasteiger partial charge in [-0.1, -0.05) is 23.5 Å². The van der Waals surface area contributed by atoms with E-state index >= 15 is 0 Å². The summed E-state index contributed by atoms with van der Waals surface area (Å²) in [4.78, 5) is 0.449. The maximum absolute atomic E-state index is 13.2. The van der Waals surface area contributed by atoms with Crippen LogP contribution in [0, 0.1) is 5.82 Å². The third-order valence-corrected chi connectivity index (χ3v) is 5.01. The van der Waals surface area contributed by atoms with Crippen LogP contribution >= 0.6 is 23.5 Å². The Labute approximate surface area is 156 Å². The molecule has 0 amide bonds. The van der Waals surface area contributed by atoms with Crippen molar-refractivity contribution in [2.75, 3.05) is 12.4 Å². The van der Waals surface area contributed by atoms with Gasteiger partial charge in [0, 0.05) is 21.9 Å². The summed E-state index contributed by atoms with van der Waals surface area (Å²) in [5.41, 5.74) is 1.36. The largest absolute Gasteiger partial charge is 0.396 e. The molecule has 0 unspecified atom stereocenters. The van der Waals surface area contributed by atoms with E-state index in [2.05, 4.69) is 10.2 Å². The Kier molecular flexibility index (Phi) is 6.23. The van der Waals surface area contributed by atoms with Crippen molar-refractivity contribution in [3.63, 3.8) is 0 Å². The lowest BCUT2D eigenvalue weighted by Gasteiger charge is -2.11. The molecule has 0 radical (unpaired) electrons. The molecule has 1 heterocycles. The number of aliphatic hydroxyl groups is 1. The van der Waals surface area contributed by atoms with Crippen LogP contribution in [0.4, 0.5) is 13.2 Å². The summed E-state index contributed by atoms with van der Waals surface area (Å²) in [6, 6.07) is 12.4. The minimum atomic E-state index is -2.48. The van der Waals surface area contributed by atoms with E-state index in [1.54, 1.807) is 41.0 Å². The van der Waals surface area contributed by atoms with Gasteiger partial charge in [0.2, 0.25) is 0 Å². The van der Waals surface area contributed by atoms with Crippen LogP contribution in [0.3, 0.4) is 0 Å². The number of hydrogen-bond acceptors (Lipinski definition) is 5. The molecule has 0 saturated carbocycles. The molecule has 0 fully saturated rings. The summed E-state index contributed by atoms with van der Waals surface area (Å²) in [5, 5.41) is 17.9. The number of benzene rings is 2. The number of rotatable bonds is 7. The van der Waals surface area contributed by atoms with Gasteiger partial charge in [-0.05, 0) is 48.5 Å². The number of aliphatic hydroxyl groups excluding tert-OH is 1. The van der Waals surface area contributed by atoms with Gasteiger partial charge in [0.15, 0.2) is 11.0 Å². The van der Waals surface area contributed by atoms with Crippen molar-refractivity contribution in [2.45, 2.75) is 15.8 Å². The molecule has 0 saturated heterocycles. The first kappa shape index (κ1) is 18.8. The zero-order chi connectivity index (χ0) is 18.5. The Morgan fingerprint density at radius 3 is 2.31 bits per heavy atom. The second kappa shape index (κ2) is 8.61. The first-order valence-corrected chi connectivity index (χ1v) is 9.45. The van der Waals surface area contributed by atoms with E-state index in [0.717, 1.165) is 0 Å². The third-order valence-electron chi connectivity index (χ3n) is 3.38. The predicted molar refractivity (Wildman–Crippen MR) is 96.4 cm³/mol. The van der Waals surface area contributed by atoms with Crippen molar-refractivity contribution in [3.8, 4) is 17.1 Å². The van der Waals surface area contributed by atoms with Gasteiger partial charge in [0.05, 0.1) is 6.61 Å². The first-order chi connectivity index (χ1) is 12.6. The molecule has 3 rings (SSSR count). The highest BCUT2D eigenvalue weighted by atomic mass is 32.2. The van der Waals surface area contributed by atoms with E-state index in [0.29, 0.717) is 44.6 Å². The Balaban J connectivity index is 2.02. The van der Waals surface area contributed by atoms with Crippen molar-refractivity contribution in [2.24, 2.45) is 0 Å². The minimum Gasteiger partial charge on any atom is -0.396 e. The van der Waals surface area contributed by atoms with Crippen LogP contribution in [0.5, 0.6) is 0 Å². The van der Waals surface area contributed by atoms with Crippen LogP contribution in [-0.4, -0.2) is 38.0 Å². The molecular weight excluding hydrogens is 383 g/mol. The highest BCUT2D eigenvalue weighted by Gasteiger charge is 2.16. The summed E-state index contributed by atoms with van der Waals surface area (Å²) in [7, 11) is 0. The van der Waals surface area contributed by atoms with Gasteiger partial charge in [-0.2, -0.15) is 8.78 Å². The van der Waals surface area contributed by atoms with Crippen LogP contribution in [0.1, 0.15) is 0 Å². The number of halogens is 3. The molecular formula is C17H14F3N3OS2. The lowest BCUT2D eigenvalue weighted by molar-refractivity contribution is 0.252. The summed E-state index contributed by atoms with van der Waals surface area (Å²) in [6.07, 6.45) is 0. The molecule has 0 aliphatic rings. The predicted octanol–water partition coefficient (Wildman–Crippen LogP) is 4.47. The molecule has 136 valence electrons. The highest BCUT2D eigenvalue weighted by molar-refractivity contribution is 7.99. The van der Waals surface area contributed by atoms with Gasteiger partial charge in [0.1, 0.15) is 5.82 Å². The maximum Gasteiger partial charge on any atom is 0.288 e. The molecule has 4 nitrogen and oxygen atoms in total. The second-order valence-electron chi connectivity index (χ2n) is 5.09. The fraction of sp³-hybridized carbons (Fsp3) is 0.176. The van der Waals surface area contributed by atoms with Gasteiger partial charge in [-0.3, -0.25) is 4.57 Å². The normalized spacial score (nSPS) is 11.3. The Bertz CT molecular complexity index is 855. The minimum absolute atomic E-state index is 0.0205. The van der Waals surface area contributed by atoms with E-state index in [4.69, 9.17) is 5.11 Å². The molecule has 0 atom stereocenters. The van der Waals surface area contributed by atoms with Gasteiger partial charge in [-0.25, -0.2) is 4.39 Å². The molecule has 1 aromatic heterocycles. The smallest absolute Gasteiger partial charge is 0.288 e. The molecule has 0 bridgehead atoms. The van der Waals surface area contributed by atoms with Crippen molar-refractivity contribution < 1.29 is 18.3 Å². The highest BCUT2D eigenvalue weighted by Crippen LogP contribution is 2.30. The lowest BCUT2D eigenvalue weighted by Crippen LogP contribution is -2.01. The fourth-order valence-corrected chi connectivity index (χ4v) is 3.49. The molecule has 9 heteroatoms. The number of nitrogens with zero attached hydrogens (tertiary/aromatic N) is 3. The number of aromatic nitrogens is 3. The Hall–Kier alpha value is -1.97. The van der Waals surface area contributed by atoms with Crippen molar-refractivity contribution >= 4 is 23.5 Å². The van der Waals surface area contributed by atoms with Crippen LogP contribution in [-0.2, 0) is 0 Å². The van der Waals surface area contributed by atoms with Gasteiger partial charge in [-0.15, -0.1) is 10.2 Å². The number of alkyl halides is 2. The lowest BCUT2D eigenvalue weighted by atomic mass is 10.2. The molecule has 1 N–H and O–H groups in total. The SMILES string of the molecule is OCCSc1nnc(-c2ccc(F)cc2)n1-c1ccc(SC(F)F)cc1. The quantitative estimate of drug-likeness (QED) is 0.596. The number of hydrogen-bond donors (Lipinski definition) is 1. The fourth-order valence-electron chi connectivity index (χ4n) is 2.30. The van der Waals surface area contributed by atoms with Gasteiger partial charge >= 0.3 is 0 Å². The van der Waals surface area contributed by atoms with E-state index in [9.17, 15) is 13.2 Å². The molecule has 0 aliphatic heterocycles. The van der Waals surface area contributed by atoms with Crippen LogP contribution in [0.25, 0.3) is 17.1 Å². The zero-order valence-electron chi connectivity index (χ0n) is 13.3. The summed E-state index contributed by atoms with van der Waals surface area (Å²) >= 11 is 1.79. The third kappa shape index (κ3) is 4.40. The van der Waals surface area contributed by atoms with Crippen molar-refractivity contribution in [1.29, 1.82) is 0 Å². The van der Waals surface area contributed by atoms with Crippen LogP contribution in [0.15, 0.2) is 58.6 Å². The second-order valence-corrected chi connectivity index (χ2v) is 7.22. The molecule has 0 spiro atoms. The Morgan fingerprint density at radius 1 is 1.00 bits per heavy atom. The molecule has 26 heavy (non-hydrogen) atoms. The number of thioether (sulfide) groups is 2. The molecule has 0 aliphatic carbocycles. The van der Waals surface area contributed by atoms with Crippen LogP contribution < -0.4 is 0 Å². The average molecular weight is 397 g/mol. The van der Waals surface area contributed by atoms with Crippen molar-refractivity contribution in [1.82, 2.24) is 14.8 Å². The summed E-state index contributed by atoms with van der Waals surface area (Å²) < 4.78 is 40.0. The van der Waals surface area contributed by atoms with E-state index in [1.165, 1.54) is 23.9 Å². The maximum atomic E-state index is 13.2. The van der Waals surface area contributed by atoms with E-state index in [1.807, 2.05) is 0 Å². The molecule has 3 aromatic rings. The summed E-state index contributed by atoms with van der Waals surface area (Å²) in [6.45, 7) is -0.0205.